The highest BCUT2D eigenvalue weighted by Crippen LogP contribution is 2.26. The van der Waals surface area contributed by atoms with Crippen LogP contribution in [0.15, 0.2) is 57.9 Å². The molecule has 1 aromatic rings. The van der Waals surface area contributed by atoms with Crippen molar-refractivity contribution in [3.63, 3.8) is 0 Å². The summed E-state index contributed by atoms with van der Waals surface area (Å²) in [6.45, 7) is 9.12. The van der Waals surface area contributed by atoms with Gasteiger partial charge in [-0.15, -0.1) is 0 Å². The number of carbonyl (C=O) groups is 1. The molecule has 0 bridgehead atoms. The first kappa shape index (κ1) is 17.4. The number of carbonyl (C=O) groups excluding carboxylic acids is 1. The maximum Gasteiger partial charge on any atom is 0.210 e. The van der Waals surface area contributed by atoms with Gasteiger partial charge in [0.25, 0.3) is 0 Å². The van der Waals surface area contributed by atoms with Gasteiger partial charge in [-0.05, 0) is 37.5 Å². The Balaban J connectivity index is 3.49. The third kappa shape index (κ3) is 4.97. The molecule has 0 radical (unpaired) electrons. The van der Waals surface area contributed by atoms with Crippen molar-refractivity contribution < 1.29 is 13.2 Å². The summed E-state index contributed by atoms with van der Waals surface area (Å²) in [6.07, 6.45) is 2.88. The van der Waals surface area contributed by atoms with Crippen LogP contribution in [0.5, 0.6) is 0 Å². The first-order valence-electron chi connectivity index (χ1n) is 6.76. The zero-order chi connectivity index (χ0) is 16.3. The molecule has 1 aromatic carbocycles. The molecule has 0 spiro atoms. The minimum Gasteiger partial charge on any atom is -0.289 e. The molecule has 3 nitrogen and oxygen atoms in total. The summed E-state index contributed by atoms with van der Waals surface area (Å²) in [5, 5.41) is 0. The van der Waals surface area contributed by atoms with Crippen LogP contribution in [0.25, 0.3) is 0 Å². The van der Waals surface area contributed by atoms with Crippen molar-refractivity contribution in [1.29, 1.82) is 0 Å². The van der Waals surface area contributed by atoms with Crippen LogP contribution in [0.4, 0.5) is 0 Å². The minimum absolute atomic E-state index is 0.135. The van der Waals surface area contributed by atoms with Crippen LogP contribution in [0.3, 0.4) is 0 Å². The zero-order valence-electron chi connectivity index (χ0n) is 13.2. The average Bonchev–Trinajstić information content (AvgIpc) is 2.35. The Hall–Kier alpha value is -1.68. The van der Waals surface area contributed by atoms with Crippen LogP contribution >= 0.6 is 0 Å². The number of rotatable bonds is 4. The van der Waals surface area contributed by atoms with Gasteiger partial charge in [-0.2, -0.15) is 0 Å². The van der Waals surface area contributed by atoms with Gasteiger partial charge in [-0.25, -0.2) is 8.42 Å². The smallest absolute Gasteiger partial charge is 0.210 e. The molecule has 0 saturated carbocycles. The summed E-state index contributed by atoms with van der Waals surface area (Å²) >= 11 is 0. The van der Waals surface area contributed by atoms with Crippen molar-refractivity contribution in [2.45, 2.75) is 39.5 Å². The van der Waals surface area contributed by atoms with Gasteiger partial charge >= 0.3 is 0 Å². The van der Waals surface area contributed by atoms with Gasteiger partial charge in [0.1, 0.15) is 4.91 Å². The van der Waals surface area contributed by atoms with Crippen LogP contribution < -0.4 is 0 Å². The van der Waals surface area contributed by atoms with E-state index in [2.05, 4.69) is 0 Å². The molecule has 0 fully saturated rings. The fraction of sp³-hybridized carbons (Fsp3) is 0.353. The van der Waals surface area contributed by atoms with Crippen molar-refractivity contribution in [2.24, 2.45) is 5.41 Å². The topological polar surface area (TPSA) is 51.2 Å². The summed E-state index contributed by atoms with van der Waals surface area (Å²) in [5.41, 5.74) is 0.352. The summed E-state index contributed by atoms with van der Waals surface area (Å²) in [4.78, 5) is 12.3. The summed E-state index contributed by atoms with van der Waals surface area (Å²) in [7, 11) is -3.81. The largest absolute Gasteiger partial charge is 0.289 e. The molecule has 0 atom stereocenters. The van der Waals surface area contributed by atoms with Gasteiger partial charge in [-0.3, -0.25) is 4.79 Å². The SMILES string of the molecule is CC(C)=CC(=O)/C(=C\C(C)(C)C)S(=O)(=O)c1ccccc1. The summed E-state index contributed by atoms with van der Waals surface area (Å²) in [6, 6.07) is 8.04. The molecule has 0 heterocycles. The zero-order valence-corrected chi connectivity index (χ0v) is 14.0. The Morgan fingerprint density at radius 1 is 1.05 bits per heavy atom. The molecule has 114 valence electrons. The van der Waals surface area contributed by atoms with E-state index in [4.69, 9.17) is 0 Å². The highest BCUT2D eigenvalue weighted by Gasteiger charge is 2.27. The van der Waals surface area contributed by atoms with Crippen molar-refractivity contribution in [3.05, 3.63) is 53.0 Å². The molecule has 0 saturated heterocycles. The molecule has 0 unspecified atom stereocenters. The Labute approximate surface area is 127 Å². The molecular formula is C17H22O3S. The number of allylic oxidation sites excluding steroid dienone is 4. The third-order valence-corrected chi connectivity index (χ3v) is 4.36. The normalized spacial score (nSPS) is 12.9. The van der Waals surface area contributed by atoms with Gasteiger partial charge in [-0.1, -0.05) is 50.6 Å². The quantitative estimate of drug-likeness (QED) is 0.792. The van der Waals surface area contributed by atoms with Crippen LogP contribution in [-0.4, -0.2) is 14.2 Å². The van der Waals surface area contributed by atoms with Crippen molar-refractivity contribution in [2.75, 3.05) is 0 Å². The lowest BCUT2D eigenvalue weighted by atomic mass is 9.95. The van der Waals surface area contributed by atoms with E-state index >= 15 is 0 Å². The lowest BCUT2D eigenvalue weighted by Gasteiger charge is -2.15. The van der Waals surface area contributed by atoms with Crippen LogP contribution in [0.1, 0.15) is 34.6 Å². The number of sulfone groups is 1. The fourth-order valence-electron chi connectivity index (χ4n) is 1.73. The number of ketones is 1. The number of hydrogen-bond donors (Lipinski definition) is 0. The second-order valence-electron chi connectivity index (χ2n) is 6.28. The first-order chi connectivity index (χ1) is 9.54. The van der Waals surface area contributed by atoms with E-state index in [9.17, 15) is 13.2 Å². The molecule has 0 aliphatic rings. The molecule has 1 rings (SSSR count). The van der Waals surface area contributed by atoms with E-state index in [0.717, 1.165) is 5.57 Å². The lowest BCUT2D eigenvalue weighted by molar-refractivity contribution is -0.110. The second kappa shape index (κ2) is 6.39. The van der Waals surface area contributed by atoms with Crippen molar-refractivity contribution >= 4 is 15.6 Å². The summed E-state index contributed by atoms with van der Waals surface area (Å²) < 4.78 is 25.4. The number of benzene rings is 1. The highest BCUT2D eigenvalue weighted by atomic mass is 32.2. The van der Waals surface area contributed by atoms with Crippen LogP contribution in [0, 0.1) is 5.41 Å². The standard InChI is InChI=1S/C17H22O3S/c1-13(2)11-15(18)16(12-17(3,4)5)21(19,20)14-9-7-6-8-10-14/h6-12H,1-5H3/b16-12+. The van der Waals surface area contributed by atoms with E-state index < -0.39 is 21.0 Å². The Morgan fingerprint density at radius 3 is 2.00 bits per heavy atom. The lowest BCUT2D eigenvalue weighted by Crippen LogP contribution is -2.16. The fourth-order valence-corrected chi connectivity index (χ4v) is 3.34. The van der Waals surface area contributed by atoms with Gasteiger partial charge < -0.3 is 0 Å². The molecule has 0 amide bonds. The third-order valence-electron chi connectivity index (χ3n) is 2.57. The Morgan fingerprint density at radius 2 is 1.57 bits per heavy atom. The molecule has 4 heteroatoms. The van der Waals surface area contributed by atoms with E-state index in [1.54, 1.807) is 32.0 Å². The maximum absolute atomic E-state index is 12.7. The van der Waals surface area contributed by atoms with Gasteiger partial charge in [0, 0.05) is 0 Å². The Bertz CT molecular complexity index is 668. The molecule has 0 aliphatic heterocycles. The van der Waals surface area contributed by atoms with Crippen molar-refractivity contribution in [1.82, 2.24) is 0 Å². The molecule has 0 N–H and O–H groups in total. The van der Waals surface area contributed by atoms with E-state index in [1.165, 1.54) is 24.3 Å². The van der Waals surface area contributed by atoms with E-state index in [1.807, 2.05) is 20.8 Å². The maximum atomic E-state index is 12.7. The van der Waals surface area contributed by atoms with Crippen molar-refractivity contribution in [3.8, 4) is 0 Å². The average molecular weight is 306 g/mol. The van der Waals surface area contributed by atoms with Gasteiger partial charge in [0.15, 0.2) is 5.78 Å². The van der Waals surface area contributed by atoms with Crippen LogP contribution in [-0.2, 0) is 14.6 Å². The molecular weight excluding hydrogens is 284 g/mol. The minimum atomic E-state index is -3.81. The van der Waals surface area contributed by atoms with E-state index in [-0.39, 0.29) is 9.80 Å². The predicted molar refractivity (Wildman–Crippen MR) is 85.6 cm³/mol. The van der Waals surface area contributed by atoms with Gasteiger partial charge in [0.2, 0.25) is 9.84 Å². The highest BCUT2D eigenvalue weighted by molar-refractivity contribution is 7.96. The van der Waals surface area contributed by atoms with E-state index in [0.29, 0.717) is 0 Å². The monoisotopic (exact) mass is 306 g/mol. The van der Waals surface area contributed by atoms with Crippen LogP contribution in [0.2, 0.25) is 0 Å². The number of hydrogen-bond acceptors (Lipinski definition) is 3. The predicted octanol–water partition coefficient (Wildman–Crippen LogP) is 3.93. The van der Waals surface area contributed by atoms with Gasteiger partial charge in [0.05, 0.1) is 4.90 Å². The summed E-state index contributed by atoms with van der Waals surface area (Å²) in [5.74, 6) is -0.478. The Kier molecular flexibility index (Phi) is 5.29. The molecule has 21 heavy (non-hydrogen) atoms. The first-order valence-corrected chi connectivity index (χ1v) is 8.24. The second-order valence-corrected chi connectivity index (χ2v) is 8.20. The molecule has 0 aromatic heterocycles. The molecule has 0 aliphatic carbocycles.